The van der Waals surface area contributed by atoms with E-state index in [1.807, 2.05) is 23.1 Å². The lowest BCUT2D eigenvalue weighted by atomic mass is 10.2. The first-order valence-electron chi connectivity index (χ1n) is 7.91. The quantitative estimate of drug-likeness (QED) is 0.794. The van der Waals surface area contributed by atoms with E-state index in [-0.39, 0.29) is 12.5 Å². The topological polar surface area (TPSA) is 46.6 Å². The molecule has 3 rings (SSSR count). The monoisotopic (exact) mass is 341 g/mol. The Bertz CT molecular complexity index is 730. The number of rotatable bonds is 4. The normalized spacial score (nSPS) is 16.9. The van der Waals surface area contributed by atoms with Crippen LogP contribution >= 0.6 is 11.8 Å². The maximum absolute atomic E-state index is 12.7. The highest BCUT2D eigenvalue weighted by Gasteiger charge is 2.24. The summed E-state index contributed by atoms with van der Waals surface area (Å²) in [6, 6.07) is 14.7. The van der Waals surface area contributed by atoms with Crippen LogP contribution in [-0.2, 0) is 4.79 Å². The maximum atomic E-state index is 12.7. The maximum Gasteiger partial charge on any atom is 0.264 e. The molecule has 24 heavy (non-hydrogen) atoms. The van der Waals surface area contributed by atoms with Crippen LogP contribution in [0.25, 0.3) is 0 Å². The predicted octanol–water partition coefficient (Wildman–Crippen LogP) is 3.80. The van der Waals surface area contributed by atoms with E-state index in [0.29, 0.717) is 23.1 Å². The summed E-state index contributed by atoms with van der Waals surface area (Å²) in [5, 5.41) is 0.473. The highest BCUT2D eigenvalue weighted by atomic mass is 32.2. The van der Waals surface area contributed by atoms with Crippen LogP contribution in [-0.4, -0.2) is 30.6 Å². The predicted molar refractivity (Wildman–Crippen MR) is 96.1 cm³/mol. The molecule has 0 spiro atoms. The van der Waals surface area contributed by atoms with E-state index in [2.05, 4.69) is 13.0 Å². The van der Waals surface area contributed by atoms with Crippen molar-refractivity contribution in [2.45, 2.75) is 23.5 Å². The third-order valence-electron chi connectivity index (χ3n) is 3.92. The number of nitrogens with zero attached hydrogens (tertiary/aromatic N) is 1. The molecule has 0 N–H and O–H groups in total. The van der Waals surface area contributed by atoms with Crippen molar-refractivity contribution in [3.8, 4) is 5.75 Å². The molecule has 0 bridgehead atoms. The van der Waals surface area contributed by atoms with Gasteiger partial charge in [0.15, 0.2) is 6.61 Å². The largest absolute Gasteiger partial charge is 0.484 e. The van der Waals surface area contributed by atoms with Crippen LogP contribution in [0, 0.1) is 0 Å². The first kappa shape index (κ1) is 16.6. The van der Waals surface area contributed by atoms with Gasteiger partial charge in [0.2, 0.25) is 0 Å². The molecule has 1 aliphatic rings. The number of hydrogen-bond donors (Lipinski definition) is 0. The molecule has 0 aliphatic carbocycles. The van der Waals surface area contributed by atoms with Crippen molar-refractivity contribution in [3.63, 3.8) is 0 Å². The second-order valence-electron chi connectivity index (χ2n) is 5.71. The van der Waals surface area contributed by atoms with Crippen molar-refractivity contribution in [1.82, 2.24) is 0 Å². The van der Waals surface area contributed by atoms with Crippen LogP contribution in [0.1, 0.15) is 23.7 Å². The average Bonchev–Trinajstić information content (AvgIpc) is 2.78. The zero-order chi connectivity index (χ0) is 16.9. The number of hydrogen-bond acceptors (Lipinski definition) is 4. The third kappa shape index (κ3) is 3.79. The van der Waals surface area contributed by atoms with E-state index in [0.717, 1.165) is 23.3 Å². The molecule has 0 saturated carbocycles. The SMILES string of the molecule is CC1CCN(C(=O)COc2ccc(C=O)cc2)c2ccccc2S1. The zero-order valence-corrected chi connectivity index (χ0v) is 14.3. The Kier molecular flexibility index (Phi) is 5.20. The minimum atomic E-state index is -0.0587. The number of benzene rings is 2. The van der Waals surface area contributed by atoms with Crippen LogP contribution in [0.5, 0.6) is 5.75 Å². The number of carbonyl (C=O) groups is 2. The minimum Gasteiger partial charge on any atom is -0.484 e. The van der Waals surface area contributed by atoms with Crippen LogP contribution in [0.3, 0.4) is 0 Å². The van der Waals surface area contributed by atoms with Crippen LogP contribution in [0.4, 0.5) is 5.69 Å². The van der Waals surface area contributed by atoms with E-state index >= 15 is 0 Å². The van der Waals surface area contributed by atoms with Gasteiger partial charge in [0.1, 0.15) is 12.0 Å². The second-order valence-corrected chi connectivity index (χ2v) is 7.19. The molecule has 1 unspecified atom stereocenters. The Hall–Kier alpha value is -2.27. The number of fused-ring (bicyclic) bond motifs is 1. The van der Waals surface area contributed by atoms with E-state index in [9.17, 15) is 9.59 Å². The van der Waals surface area contributed by atoms with Gasteiger partial charge in [-0.2, -0.15) is 0 Å². The molecular formula is C19H19NO3S. The van der Waals surface area contributed by atoms with E-state index in [4.69, 9.17) is 4.74 Å². The number of aldehydes is 1. The highest BCUT2D eigenvalue weighted by molar-refractivity contribution is 8.00. The van der Waals surface area contributed by atoms with Crippen molar-refractivity contribution in [3.05, 3.63) is 54.1 Å². The molecule has 2 aromatic rings. The molecule has 5 heteroatoms. The van der Waals surface area contributed by atoms with Gasteiger partial charge in [-0.15, -0.1) is 11.8 Å². The fourth-order valence-electron chi connectivity index (χ4n) is 2.61. The Morgan fingerprint density at radius 1 is 1.25 bits per heavy atom. The first-order valence-corrected chi connectivity index (χ1v) is 8.79. The van der Waals surface area contributed by atoms with E-state index in [1.54, 1.807) is 36.0 Å². The molecular weight excluding hydrogens is 322 g/mol. The lowest BCUT2D eigenvalue weighted by Gasteiger charge is -2.22. The van der Waals surface area contributed by atoms with E-state index < -0.39 is 0 Å². The summed E-state index contributed by atoms with van der Waals surface area (Å²) in [5.41, 5.74) is 1.54. The molecule has 0 aromatic heterocycles. The summed E-state index contributed by atoms with van der Waals surface area (Å²) < 4.78 is 5.59. The summed E-state index contributed by atoms with van der Waals surface area (Å²) in [4.78, 5) is 26.3. The number of thioether (sulfide) groups is 1. The van der Waals surface area contributed by atoms with Crippen LogP contribution in [0.15, 0.2) is 53.4 Å². The highest BCUT2D eigenvalue weighted by Crippen LogP contribution is 2.37. The van der Waals surface area contributed by atoms with Crippen LogP contribution in [0.2, 0.25) is 0 Å². The van der Waals surface area contributed by atoms with Crippen molar-refractivity contribution in [2.24, 2.45) is 0 Å². The van der Waals surface area contributed by atoms with Crippen LogP contribution < -0.4 is 9.64 Å². The van der Waals surface area contributed by atoms with Crippen molar-refractivity contribution in [1.29, 1.82) is 0 Å². The lowest BCUT2D eigenvalue weighted by molar-refractivity contribution is -0.120. The zero-order valence-electron chi connectivity index (χ0n) is 13.5. The Balaban J connectivity index is 1.71. The summed E-state index contributed by atoms with van der Waals surface area (Å²) in [5.74, 6) is 0.524. The van der Waals surface area contributed by atoms with Gasteiger partial charge in [0, 0.05) is 22.3 Å². The smallest absolute Gasteiger partial charge is 0.264 e. The Morgan fingerprint density at radius 3 is 2.75 bits per heavy atom. The fraction of sp³-hybridized carbons (Fsp3) is 0.263. The van der Waals surface area contributed by atoms with Gasteiger partial charge in [0.05, 0.1) is 5.69 Å². The number of anilines is 1. The first-order chi connectivity index (χ1) is 11.7. The van der Waals surface area contributed by atoms with Gasteiger partial charge in [-0.1, -0.05) is 19.1 Å². The molecule has 124 valence electrons. The van der Waals surface area contributed by atoms with Gasteiger partial charge in [-0.25, -0.2) is 0 Å². The number of para-hydroxylation sites is 1. The molecule has 0 radical (unpaired) electrons. The van der Waals surface area contributed by atoms with Gasteiger partial charge in [0.25, 0.3) is 5.91 Å². The Morgan fingerprint density at radius 2 is 2.00 bits per heavy atom. The molecule has 1 atom stereocenters. The summed E-state index contributed by atoms with van der Waals surface area (Å²) in [7, 11) is 0. The lowest BCUT2D eigenvalue weighted by Crippen LogP contribution is -2.36. The molecule has 0 fully saturated rings. The molecule has 2 aromatic carbocycles. The second kappa shape index (κ2) is 7.53. The summed E-state index contributed by atoms with van der Waals surface area (Å²) in [6.45, 7) is 2.85. The van der Waals surface area contributed by atoms with Crippen molar-refractivity contribution < 1.29 is 14.3 Å². The standard InChI is InChI=1S/C19H19NO3S/c1-14-10-11-20(17-4-2-3-5-18(17)24-14)19(22)13-23-16-8-6-15(12-21)7-9-16/h2-9,12,14H,10-11,13H2,1H3. The molecule has 0 saturated heterocycles. The summed E-state index contributed by atoms with van der Waals surface area (Å²) >= 11 is 1.80. The molecule has 1 amide bonds. The molecule has 1 aliphatic heterocycles. The third-order valence-corrected chi connectivity index (χ3v) is 5.16. The minimum absolute atomic E-state index is 0.0200. The van der Waals surface area contributed by atoms with Gasteiger partial charge in [-0.3, -0.25) is 9.59 Å². The molecule has 4 nitrogen and oxygen atoms in total. The van der Waals surface area contributed by atoms with Gasteiger partial charge < -0.3 is 9.64 Å². The molecule has 1 heterocycles. The van der Waals surface area contributed by atoms with E-state index in [1.165, 1.54) is 0 Å². The number of carbonyl (C=O) groups excluding carboxylic acids is 2. The fourth-order valence-corrected chi connectivity index (χ4v) is 3.72. The van der Waals surface area contributed by atoms with Crippen molar-refractivity contribution in [2.75, 3.05) is 18.1 Å². The number of ether oxygens (including phenoxy) is 1. The Labute approximate surface area is 145 Å². The van der Waals surface area contributed by atoms with Gasteiger partial charge in [-0.05, 0) is 42.8 Å². The number of amides is 1. The summed E-state index contributed by atoms with van der Waals surface area (Å²) in [6.07, 6.45) is 1.72. The van der Waals surface area contributed by atoms with Gasteiger partial charge >= 0.3 is 0 Å². The van der Waals surface area contributed by atoms with Crippen molar-refractivity contribution >= 4 is 29.6 Å². The average molecular weight is 341 g/mol.